The predicted molar refractivity (Wildman–Crippen MR) is 75.4 cm³/mol. The maximum Gasteiger partial charge on any atom is 0.222 e. The van der Waals surface area contributed by atoms with Crippen molar-refractivity contribution in [3.8, 4) is 0 Å². The Bertz CT molecular complexity index is 479. The van der Waals surface area contributed by atoms with Gasteiger partial charge in [0.2, 0.25) is 5.95 Å². The fourth-order valence-corrected chi connectivity index (χ4v) is 5.69. The van der Waals surface area contributed by atoms with Gasteiger partial charge in [-0.15, -0.1) is 0 Å². The molecule has 4 fully saturated rings. The summed E-state index contributed by atoms with van der Waals surface area (Å²) in [5.41, 5.74) is 14.4. The summed E-state index contributed by atoms with van der Waals surface area (Å²) in [6, 6.07) is 0. The lowest BCUT2D eigenvalue weighted by Crippen LogP contribution is -2.49. The van der Waals surface area contributed by atoms with Crippen LogP contribution in [-0.2, 0) is 5.41 Å². The van der Waals surface area contributed by atoms with Crippen LogP contribution in [-0.4, -0.2) is 9.97 Å². The molecular weight excluding hydrogens is 236 g/mol. The quantitative estimate of drug-likeness (QED) is 0.811. The van der Waals surface area contributed by atoms with E-state index in [-0.39, 0.29) is 5.41 Å². The van der Waals surface area contributed by atoms with Gasteiger partial charge in [0, 0.05) is 16.7 Å². The first kappa shape index (κ1) is 11.5. The third-order valence-electron chi connectivity index (χ3n) is 5.70. The Morgan fingerprint density at radius 1 is 0.947 bits per heavy atom. The fraction of sp³-hybridized carbons (Fsp3) is 0.733. The molecule has 4 aliphatic rings. The highest BCUT2D eigenvalue weighted by Gasteiger charge is 2.53. The molecule has 0 amide bonds. The molecule has 1 aromatic heterocycles. The van der Waals surface area contributed by atoms with Crippen LogP contribution >= 0.6 is 0 Å². The molecule has 4 saturated carbocycles. The van der Waals surface area contributed by atoms with E-state index in [2.05, 4.69) is 9.97 Å². The Morgan fingerprint density at radius 3 is 1.95 bits per heavy atom. The molecular formula is C15H22N4. The van der Waals surface area contributed by atoms with E-state index in [1.165, 1.54) is 44.1 Å². The number of rotatable bonds is 1. The van der Waals surface area contributed by atoms with Crippen LogP contribution in [0.15, 0.2) is 0 Å². The van der Waals surface area contributed by atoms with Gasteiger partial charge in [-0.05, 0) is 63.2 Å². The standard InChI is InChI=1S/C15H22N4/c1-8-12(13(16)19-14(17)18-8)15-5-9-2-10(6-15)4-11(3-9)7-15/h9-11H,2-7H2,1H3,(H4,16,17,18,19). The number of hydrogen-bond acceptors (Lipinski definition) is 4. The van der Waals surface area contributed by atoms with Crippen molar-refractivity contribution in [2.45, 2.75) is 50.9 Å². The molecule has 5 rings (SSSR count). The molecule has 1 aromatic rings. The van der Waals surface area contributed by atoms with Crippen molar-refractivity contribution in [3.05, 3.63) is 11.3 Å². The zero-order chi connectivity index (χ0) is 13.2. The topological polar surface area (TPSA) is 77.8 Å². The van der Waals surface area contributed by atoms with Crippen LogP contribution in [0.25, 0.3) is 0 Å². The van der Waals surface area contributed by atoms with Crippen LogP contribution in [0.1, 0.15) is 49.8 Å². The first-order chi connectivity index (χ1) is 9.06. The monoisotopic (exact) mass is 258 g/mol. The number of aryl methyl sites for hydroxylation is 1. The van der Waals surface area contributed by atoms with E-state index in [0.29, 0.717) is 11.8 Å². The fourth-order valence-electron chi connectivity index (χ4n) is 5.69. The lowest BCUT2D eigenvalue weighted by molar-refractivity contribution is -0.00539. The molecule has 0 spiro atoms. The summed E-state index contributed by atoms with van der Waals surface area (Å²) in [5.74, 6) is 3.66. The normalized spacial score (nSPS) is 39.7. The Morgan fingerprint density at radius 2 is 1.47 bits per heavy atom. The van der Waals surface area contributed by atoms with Crippen molar-refractivity contribution in [2.75, 3.05) is 11.5 Å². The van der Waals surface area contributed by atoms with Crippen LogP contribution in [0.4, 0.5) is 11.8 Å². The molecule has 0 saturated heterocycles. The molecule has 4 aliphatic carbocycles. The third-order valence-corrected chi connectivity index (χ3v) is 5.70. The van der Waals surface area contributed by atoms with Crippen molar-refractivity contribution in [3.63, 3.8) is 0 Å². The third kappa shape index (κ3) is 1.58. The SMILES string of the molecule is Cc1nc(N)nc(N)c1C12CC3CC(CC(C3)C1)C2. The maximum atomic E-state index is 6.21. The summed E-state index contributed by atoms with van der Waals surface area (Å²) >= 11 is 0. The molecule has 0 aromatic carbocycles. The molecule has 4 nitrogen and oxygen atoms in total. The van der Waals surface area contributed by atoms with Crippen molar-refractivity contribution in [1.29, 1.82) is 0 Å². The lowest BCUT2D eigenvalue weighted by atomic mass is 9.48. The number of nitrogen functional groups attached to an aromatic ring is 2. The van der Waals surface area contributed by atoms with Gasteiger partial charge >= 0.3 is 0 Å². The number of aromatic nitrogens is 2. The molecule has 4 bridgehead atoms. The first-order valence-electron chi connectivity index (χ1n) is 7.46. The highest BCUT2D eigenvalue weighted by molar-refractivity contribution is 5.51. The van der Waals surface area contributed by atoms with Crippen LogP contribution in [0.2, 0.25) is 0 Å². The van der Waals surface area contributed by atoms with Crippen molar-refractivity contribution in [2.24, 2.45) is 17.8 Å². The number of nitrogens with two attached hydrogens (primary N) is 2. The van der Waals surface area contributed by atoms with Crippen molar-refractivity contribution < 1.29 is 0 Å². The lowest BCUT2D eigenvalue weighted by Gasteiger charge is -2.57. The summed E-state index contributed by atoms with van der Waals surface area (Å²) in [6.07, 6.45) is 8.18. The molecule has 4 N–H and O–H groups in total. The summed E-state index contributed by atoms with van der Waals surface area (Å²) < 4.78 is 0. The molecule has 4 heteroatoms. The van der Waals surface area contributed by atoms with Gasteiger partial charge in [0.25, 0.3) is 0 Å². The van der Waals surface area contributed by atoms with E-state index in [0.717, 1.165) is 23.4 Å². The summed E-state index contributed by atoms with van der Waals surface area (Å²) in [7, 11) is 0. The molecule has 1 heterocycles. The van der Waals surface area contributed by atoms with Gasteiger partial charge in [0.1, 0.15) is 5.82 Å². The largest absolute Gasteiger partial charge is 0.383 e. The molecule has 0 unspecified atom stereocenters. The highest BCUT2D eigenvalue weighted by Crippen LogP contribution is 2.61. The minimum absolute atomic E-state index is 0.261. The molecule has 0 atom stereocenters. The second-order valence-electron chi connectivity index (χ2n) is 7.13. The molecule has 0 radical (unpaired) electrons. The van der Waals surface area contributed by atoms with Crippen molar-refractivity contribution >= 4 is 11.8 Å². The Labute approximate surface area is 114 Å². The number of nitrogens with zero attached hydrogens (tertiary/aromatic N) is 2. The van der Waals surface area contributed by atoms with Crippen LogP contribution in [0.5, 0.6) is 0 Å². The van der Waals surface area contributed by atoms with E-state index in [1.54, 1.807) is 0 Å². The van der Waals surface area contributed by atoms with Gasteiger partial charge in [-0.25, -0.2) is 4.98 Å². The van der Waals surface area contributed by atoms with E-state index >= 15 is 0 Å². The van der Waals surface area contributed by atoms with Crippen LogP contribution < -0.4 is 11.5 Å². The van der Waals surface area contributed by atoms with Crippen LogP contribution in [0.3, 0.4) is 0 Å². The van der Waals surface area contributed by atoms with Gasteiger partial charge in [-0.3, -0.25) is 0 Å². The predicted octanol–water partition coefficient (Wildman–Crippen LogP) is 2.42. The van der Waals surface area contributed by atoms with Gasteiger partial charge in [-0.1, -0.05) is 0 Å². The van der Waals surface area contributed by atoms with Gasteiger partial charge in [-0.2, -0.15) is 4.98 Å². The second-order valence-corrected chi connectivity index (χ2v) is 7.13. The zero-order valence-corrected chi connectivity index (χ0v) is 11.5. The van der Waals surface area contributed by atoms with Gasteiger partial charge in [0.15, 0.2) is 0 Å². The number of anilines is 2. The minimum Gasteiger partial charge on any atom is -0.383 e. The zero-order valence-electron chi connectivity index (χ0n) is 11.5. The van der Waals surface area contributed by atoms with E-state index < -0.39 is 0 Å². The average Bonchev–Trinajstić information content (AvgIpc) is 2.24. The van der Waals surface area contributed by atoms with Gasteiger partial charge in [0.05, 0.1) is 0 Å². The molecule has 19 heavy (non-hydrogen) atoms. The van der Waals surface area contributed by atoms with E-state index in [9.17, 15) is 0 Å². The Hall–Kier alpha value is -1.32. The van der Waals surface area contributed by atoms with E-state index in [4.69, 9.17) is 11.5 Å². The molecule has 102 valence electrons. The van der Waals surface area contributed by atoms with Crippen LogP contribution in [0, 0.1) is 24.7 Å². The maximum absolute atomic E-state index is 6.21. The summed E-state index contributed by atoms with van der Waals surface area (Å²) in [5, 5.41) is 0. The first-order valence-corrected chi connectivity index (χ1v) is 7.46. The smallest absolute Gasteiger partial charge is 0.222 e. The van der Waals surface area contributed by atoms with Gasteiger partial charge < -0.3 is 11.5 Å². The number of hydrogen-bond donors (Lipinski definition) is 2. The Kier molecular flexibility index (Phi) is 2.19. The highest BCUT2D eigenvalue weighted by atomic mass is 15.0. The summed E-state index contributed by atoms with van der Waals surface area (Å²) in [4.78, 5) is 8.61. The van der Waals surface area contributed by atoms with E-state index in [1.807, 2.05) is 6.92 Å². The van der Waals surface area contributed by atoms with Crippen molar-refractivity contribution in [1.82, 2.24) is 9.97 Å². The second kappa shape index (κ2) is 3.62. The average molecular weight is 258 g/mol. The minimum atomic E-state index is 0.261. The summed E-state index contributed by atoms with van der Waals surface area (Å²) in [6.45, 7) is 2.04. The Balaban J connectivity index is 1.84. The molecule has 0 aliphatic heterocycles.